The summed E-state index contributed by atoms with van der Waals surface area (Å²) in [5.74, 6) is 0. The Labute approximate surface area is 163 Å². The van der Waals surface area contributed by atoms with Gasteiger partial charge in [-0.1, -0.05) is 96.5 Å². The van der Waals surface area contributed by atoms with Gasteiger partial charge in [0.05, 0.1) is 0 Å². The molecular weight excluding hydrogens is 318 g/mol. The first-order valence-electron chi connectivity index (χ1n) is 11.5. The van der Waals surface area contributed by atoms with E-state index in [4.69, 9.17) is 5.73 Å². The van der Waals surface area contributed by atoms with Gasteiger partial charge in [0.1, 0.15) is 6.17 Å². The van der Waals surface area contributed by atoms with Gasteiger partial charge < -0.3 is 5.73 Å². The highest BCUT2D eigenvalue weighted by Gasteiger charge is 2.16. The average molecular weight is 364 g/mol. The molecule has 0 bridgehead atoms. The van der Waals surface area contributed by atoms with Crippen LogP contribution in [0.3, 0.4) is 0 Å². The summed E-state index contributed by atoms with van der Waals surface area (Å²) < 4.78 is 0. The van der Waals surface area contributed by atoms with Gasteiger partial charge in [-0.3, -0.25) is 9.89 Å². The van der Waals surface area contributed by atoms with E-state index >= 15 is 0 Å². The highest BCUT2D eigenvalue weighted by atomic mass is 15.3. The summed E-state index contributed by atoms with van der Waals surface area (Å²) in [4.78, 5) is 6.82. The number of hydrogen-bond acceptors (Lipinski definition) is 3. The quantitative estimate of drug-likeness (QED) is 0.237. The van der Waals surface area contributed by atoms with E-state index in [0.717, 1.165) is 13.1 Å². The third-order valence-corrected chi connectivity index (χ3v) is 5.40. The Balaban J connectivity index is 1.79. The zero-order chi connectivity index (χ0) is 18.7. The molecular formula is C23H45N3. The molecule has 2 N–H and O–H groups in total. The zero-order valence-electron chi connectivity index (χ0n) is 17.5. The van der Waals surface area contributed by atoms with E-state index in [1.165, 1.54) is 96.3 Å². The van der Waals surface area contributed by atoms with Crippen LogP contribution in [0.2, 0.25) is 0 Å². The predicted octanol–water partition coefficient (Wildman–Crippen LogP) is 6.09. The molecule has 3 nitrogen and oxygen atoms in total. The standard InChI is InChI=1S/C23H45N3/c1-2-3-4-5-6-7-8-9-10-11-12-13-14-15-16-17-18-23-25-20-22-26(23)21-19-24/h17-18,20,23H,2-16,19,21-22,24H2,1H3/b18-17+. The van der Waals surface area contributed by atoms with Crippen molar-refractivity contribution >= 4 is 6.21 Å². The highest BCUT2D eigenvalue weighted by Crippen LogP contribution is 2.14. The molecule has 1 aliphatic heterocycles. The van der Waals surface area contributed by atoms with E-state index in [2.05, 4.69) is 29.0 Å². The molecule has 0 aliphatic carbocycles. The first-order chi connectivity index (χ1) is 12.9. The normalized spacial score (nSPS) is 17.7. The van der Waals surface area contributed by atoms with Crippen LogP contribution in [0.15, 0.2) is 17.1 Å². The van der Waals surface area contributed by atoms with Gasteiger partial charge in [0.15, 0.2) is 0 Å². The van der Waals surface area contributed by atoms with Crippen molar-refractivity contribution in [2.75, 3.05) is 19.6 Å². The van der Waals surface area contributed by atoms with Gasteiger partial charge in [0.25, 0.3) is 0 Å². The van der Waals surface area contributed by atoms with Crippen molar-refractivity contribution in [2.24, 2.45) is 10.7 Å². The van der Waals surface area contributed by atoms with Crippen LogP contribution < -0.4 is 5.73 Å². The van der Waals surface area contributed by atoms with Crippen LogP contribution in [-0.4, -0.2) is 36.9 Å². The molecule has 0 amide bonds. The first kappa shape index (κ1) is 23.4. The van der Waals surface area contributed by atoms with Crippen LogP contribution in [0.1, 0.15) is 103 Å². The van der Waals surface area contributed by atoms with Gasteiger partial charge in [-0.2, -0.15) is 0 Å². The van der Waals surface area contributed by atoms with Gasteiger partial charge in [-0.25, -0.2) is 0 Å². The fourth-order valence-electron chi connectivity index (χ4n) is 3.70. The Hall–Kier alpha value is -0.670. The summed E-state index contributed by atoms with van der Waals surface area (Å²) in [6.45, 7) is 4.89. The van der Waals surface area contributed by atoms with Crippen molar-refractivity contribution < 1.29 is 0 Å². The SMILES string of the molecule is CCCCCCCCCCCCCCCC/C=C/C1N=CCN1CCN. The molecule has 0 spiro atoms. The molecule has 0 aromatic heterocycles. The third kappa shape index (κ3) is 12.6. The Morgan fingerprint density at radius 1 is 0.885 bits per heavy atom. The summed E-state index contributed by atoms with van der Waals surface area (Å²) in [6.07, 6.45) is 28.0. The number of nitrogens with two attached hydrogens (primary N) is 1. The monoisotopic (exact) mass is 363 g/mol. The molecule has 0 aromatic rings. The van der Waals surface area contributed by atoms with Crippen LogP contribution in [-0.2, 0) is 0 Å². The number of unbranched alkanes of at least 4 members (excludes halogenated alkanes) is 14. The fourth-order valence-corrected chi connectivity index (χ4v) is 3.70. The van der Waals surface area contributed by atoms with E-state index in [9.17, 15) is 0 Å². The highest BCUT2D eigenvalue weighted by molar-refractivity contribution is 5.62. The maximum atomic E-state index is 5.64. The van der Waals surface area contributed by atoms with Gasteiger partial charge in [-0.05, 0) is 18.9 Å². The Bertz CT molecular complexity index is 351. The summed E-state index contributed by atoms with van der Waals surface area (Å²) >= 11 is 0. The number of hydrogen-bond donors (Lipinski definition) is 1. The number of rotatable bonds is 18. The van der Waals surface area contributed by atoms with Gasteiger partial charge in [0, 0.05) is 25.8 Å². The molecule has 1 rings (SSSR count). The summed E-state index contributed by atoms with van der Waals surface area (Å²) in [6, 6.07) is 0. The maximum Gasteiger partial charge on any atom is 0.121 e. The lowest BCUT2D eigenvalue weighted by atomic mass is 10.0. The van der Waals surface area contributed by atoms with Crippen molar-refractivity contribution in [3.63, 3.8) is 0 Å². The third-order valence-electron chi connectivity index (χ3n) is 5.40. The molecule has 0 radical (unpaired) electrons. The van der Waals surface area contributed by atoms with Crippen LogP contribution >= 0.6 is 0 Å². The van der Waals surface area contributed by atoms with Gasteiger partial charge in [0.2, 0.25) is 0 Å². The predicted molar refractivity (Wildman–Crippen MR) is 117 cm³/mol. The van der Waals surface area contributed by atoms with E-state index < -0.39 is 0 Å². The number of nitrogens with zero attached hydrogens (tertiary/aromatic N) is 2. The zero-order valence-corrected chi connectivity index (χ0v) is 17.5. The summed E-state index contributed by atoms with van der Waals surface area (Å²) in [5.41, 5.74) is 5.64. The second kappa shape index (κ2) is 17.7. The van der Waals surface area contributed by atoms with Crippen molar-refractivity contribution in [3.8, 4) is 0 Å². The van der Waals surface area contributed by atoms with Crippen LogP contribution in [0.4, 0.5) is 0 Å². The molecule has 26 heavy (non-hydrogen) atoms. The van der Waals surface area contributed by atoms with Crippen molar-refractivity contribution in [3.05, 3.63) is 12.2 Å². The van der Waals surface area contributed by atoms with Crippen molar-refractivity contribution in [2.45, 2.75) is 109 Å². The minimum atomic E-state index is 0.241. The largest absolute Gasteiger partial charge is 0.329 e. The van der Waals surface area contributed by atoms with E-state index in [1.54, 1.807) is 0 Å². The molecule has 1 aliphatic rings. The Morgan fingerprint density at radius 2 is 1.42 bits per heavy atom. The van der Waals surface area contributed by atoms with Crippen LogP contribution in [0.5, 0.6) is 0 Å². The molecule has 0 fully saturated rings. The summed E-state index contributed by atoms with van der Waals surface area (Å²) in [5, 5.41) is 0. The Kier molecular flexibility index (Phi) is 15.9. The first-order valence-corrected chi connectivity index (χ1v) is 11.5. The smallest absolute Gasteiger partial charge is 0.121 e. The molecule has 1 unspecified atom stereocenters. The number of aliphatic imine (C=N–C) groups is 1. The van der Waals surface area contributed by atoms with E-state index in [0.29, 0.717) is 6.54 Å². The van der Waals surface area contributed by atoms with Crippen molar-refractivity contribution in [1.82, 2.24) is 4.90 Å². The average Bonchev–Trinajstić information content (AvgIpc) is 3.09. The maximum absolute atomic E-state index is 5.64. The van der Waals surface area contributed by atoms with Gasteiger partial charge in [-0.15, -0.1) is 0 Å². The lowest BCUT2D eigenvalue weighted by Gasteiger charge is -2.18. The fraction of sp³-hybridized carbons (Fsp3) is 0.870. The molecule has 1 atom stereocenters. The van der Waals surface area contributed by atoms with Gasteiger partial charge >= 0.3 is 0 Å². The van der Waals surface area contributed by atoms with Crippen LogP contribution in [0.25, 0.3) is 0 Å². The molecule has 152 valence electrons. The Morgan fingerprint density at radius 3 is 1.96 bits per heavy atom. The van der Waals surface area contributed by atoms with E-state index in [-0.39, 0.29) is 6.17 Å². The molecule has 3 heteroatoms. The van der Waals surface area contributed by atoms with Crippen molar-refractivity contribution in [1.29, 1.82) is 0 Å². The number of allylic oxidation sites excluding steroid dienone is 1. The molecule has 0 saturated carbocycles. The molecule has 1 heterocycles. The van der Waals surface area contributed by atoms with Crippen LogP contribution in [0, 0.1) is 0 Å². The van der Waals surface area contributed by atoms with E-state index in [1.807, 2.05) is 6.21 Å². The lowest BCUT2D eigenvalue weighted by Crippen LogP contribution is -2.33. The minimum absolute atomic E-state index is 0.241. The minimum Gasteiger partial charge on any atom is -0.329 e. The molecule has 0 saturated heterocycles. The topological polar surface area (TPSA) is 41.6 Å². The summed E-state index contributed by atoms with van der Waals surface area (Å²) in [7, 11) is 0. The second-order valence-electron chi connectivity index (χ2n) is 7.84. The second-order valence-corrected chi connectivity index (χ2v) is 7.84. The lowest BCUT2D eigenvalue weighted by molar-refractivity contribution is 0.297. The molecule has 0 aromatic carbocycles.